The Kier molecular flexibility index (Phi) is 6.23. The van der Waals surface area contributed by atoms with Crippen LogP contribution in [0.3, 0.4) is 0 Å². The molecule has 2 aromatic carbocycles. The Hall–Kier alpha value is -2.92. The van der Waals surface area contributed by atoms with Gasteiger partial charge in [0.05, 0.1) is 5.69 Å². The predicted octanol–water partition coefficient (Wildman–Crippen LogP) is 5.05. The topological polar surface area (TPSA) is 49.6 Å². The molecule has 0 saturated carbocycles. The summed E-state index contributed by atoms with van der Waals surface area (Å²) in [7, 11) is 3.52. The number of hydrogen-bond donors (Lipinski definition) is 0. The molecule has 0 bridgehead atoms. The minimum Gasteiger partial charge on any atom is -0.441 e. The van der Waals surface area contributed by atoms with Crippen molar-refractivity contribution in [3.05, 3.63) is 65.5 Å². The molecule has 31 heavy (non-hydrogen) atoms. The van der Waals surface area contributed by atoms with Crippen molar-refractivity contribution in [1.82, 2.24) is 14.8 Å². The number of aromatic nitrogens is 1. The summed E-state index contributed by atoms with van der Waals surface area (Å²) in [4.78, 5) is 21.0. The summed E-state index contributed by atoms with van der Waals surface area (Å²) >= 11 is 0. The third-order valence-electron chi connectivity index (χ3n) is 6.22. The average Bonchev–Trinajstić information content (AvgIpc) is 3.36. The van der Waals surface area contributed by atoms with Gasteiger partial charge in [0.1, 0.15) is 5.76 Å². The average molecular weight is 418 g/mol. The summed E-state index contributed by atoms with van der Waals surface area (Å²) in [5.74, 6) is 1.60. The number of aryl methyl sites for hydroxylation is 1. The lowest BCUT2D eigenvalue weighted by Crippen LogP contribution is -2.29. The molecule has 1 fully saturated rings. The number of benzene rings is 2. The van der Waals surface area contributed by atoms with Gasteiger partial charge in [-0.2, -0.15) is 0 Å². The fourth-order valence-corrected chi connectivity index (χ4v) is 4.23. The number of oxazole rings is 1. The number of amides is 1. The zero-order valence-corrected chi connectivity index (χ0v) is 18.9. The van der Waals surface area contributed by atoms with Gasteiger partial charge in [-0.05, 0) is 68.6 Å². The number of hydrogen-bond acceptors (Lipinski definition) is 4. The Morgan fingerprint density at radius 1 is 1.06 bits per heavy atom. The monoisotopic (exact) mass is 417 g/mol. The Balaban J connectivity index is 1.45. The van der Waals surface area contributed by atoms with Crippen molar-refractivity contribution < 1.29 is 9.21 Å². The van der Waals surface area contributed by atoms with Gasteiger partial charge in [0.2, 0.25) is 5.89 Å². The van der Waals surface area contributed by atoms with Crippen LogP contribution >= 0.6 is 0 Å². The summed E-state index contributed by atoms with van der Waals surface area (Å²) in [5, 5.41) is 0. The molecular weight excluding hydrogens is 386 g/mol. The maximum absolute atomic E-state index is 12.1. The van der Waals surface area contributed by atoms with Gasteiger partial charge in [-0.15, -0.1) is 0 Å². The van der Waals surface area contributed by atoms with Crippen LogP contribution in [0.1, 0.15) is 41.6 Å². The maximum Gasteiger partial charge on any atom is 0.253 e. The molecule has 0 N–H and O–H groups in total. The molecule has 1 saturated heterocycles. The van der Waals surface area contributed by atoms with Crippen molar-refractivity contribution in [1.29, 1.82) is 0 Å². The van der Waals surface area contributed by atoms with Crippen LogP contribution in [0.15, 0.2) is 52.9 Å². The molecule has 2 heterocycles. The largest absolute Gasteiger partial charge is 0.441 e. The fraction of sp³-hybridized carbons (Fsp3) is 0.385. The molecule has 5 heteroatoms. The van der Waals surface area contributed by atoms with E-state index in [0.29, 0.717) is 17.5 Å². The molecule has 1 aliphatic heterocycles. The molecule has 1 aromatic heterocycles. The summed E-state index contributed by atoms with van der Waals surface area (Å²) < 4.78 is 5.98. The number of carbonyl (C=O) groups excluding carboxylic acids is 1. The molecule has 162 valence electrons. The van der Waals surface area contributed by atoms with Crippen LogP contribution < -0.4 is 0 Å². The van der Waals surface area contributed by atoms with Crippen molar-refractivity contribution in [2.24, 2.45) is 0 Å². The van der Waals surface area contributed by atoms with E-state index in [2.05, 4.69) is 24.0 Å². The first kappa shape index (κ1) is 21.3. The third kappa shape index (κ3) is 4.72. The van der Waals surface area contributed by atoms with E-state index in [9.17, 15) is 4.79 Å². The van der Waals surface area contributed by atoms with Crippen LogP contribution in [0.25, 0.3) is 22.6 Å². The van der Waals surface area contributed by atoms with Gasteiger partial charge < -0.3 is 14.2 Å². The van der Waals surface area contributed by atoms with E-state index in [1.165, 1.54) is 19.4 Å². The lowest BCUT2D eigenvalue weighted by Gasteiger charge is -2.20. The van der Waals surface area contributed by atoms with Crippen LogP contribution in [-0.4, -0.2) is 53.9 Å². The molecule has 3 aromatic rings. The summed E-state index contributed by atoms with van der Waals surface area (Å²) in [6.45, 7) is 6.55. The van der Waals surface area contributed by atoms with Crippen LogP contribution in [0.5, 0.6) is 0 Å². The fourth-order valence-electron chi connectivity index (χ4n) is 4.23. The van der Waals surface area contributed by atoms with E-state index in [0.717, 1.165) is 41.1 Å². The van der Waals surface area contributed by atoms with Gasteiger partial charge in [0, 0.05) is 44.2 Å². The molecule has 4 rings (SSSR count). The first-order chi connectivity index (χ1) is 14.9. The second-order valence-electron chi connectivity index (χ2n) is 8.65. The lowest BCUT2D eigenvalue weighted by molar-refractivity contribution is 0.0827. The minimum atomic E-state index is 0.0103. The first-order valence-electron chi connectivity index (χ1n) is 11.1. The van der Waals surface area contributed by atoms with E-state index in [-0.39, 0.29) is 5.91 Å². The summed E-state index contributed by atoms with van der Waals surface area (Å²) in [5.41, 5.74) is 4.90. The van der Waals surface area contributed by atoms with Crippen LogP contribution in [-0.2, 0) is 6.42 Å². The van der Waals surface area contributed by atoms with Crippen molar-refractivity contribution in [2.75, 3.05) is 27.2 Å². The quantitative estimate of drug-likeness (QED) is 0.563. The van der Waals surface area contributed by atoms with E-state index in [4.69, 9.17) is 9.40 Å². The van der Waals surface area contributed by atoms with E-state index >= 15 is 0 Å². The Morgan fingerprint density at radius 2 is 1.68 bits per heavy atom. The number of rotatable bonds is 6. The highest BCUT2D eigenvalue weighted by Crippen LogP contribution is 2.27. The van der Waals surface area contributed by atoms with Crippen LogP contribution in [0, 0.1) is 6.92 Å². The predicted molar refractivity (Wildman–Crippen MR) is 124 cm³/mol. The van der Waals surface area contributed by atoms with Gasteiger partial charge >= 0.3 is 0 Å². The number of nitrogens with zero attached hydrogens (tertiary/aromatic N) is 3. The van der Waals surface area contributed by atoms with Gasteiger partial charge in [-0.1, -0.05) is 24.3 Å². The van der Waals surface area contributed by atoms with Crippen LogP contribution in [0.4, 0.5) is 0 Å². The zero-order chi connectivity index (χ0) is 22.0. The molecule has 1 atom stereocenters. The second kappa shape index (κ2) is 9.06. The maximum atomic E-state index is 12.1. The normalized spacial score (nSPS) is 16.6. The molecule has 1 amide bonds. The molecule has 0 spiro atoms. The van der Waals surface area contributed by atoms with Gasteiger partial charge in [-0.25, -0.2) is 4.98 Å². The summed E-state index contributed by atoms with van der Waals surface area (Å²) in [6, 6.07) is 16.6. The molecule has 0 radical (unpaired) electrons. The van der Waals surface area contributed by atoms with Crippen molar-refractivity contribution >= 4 is 5.91 Å². The van der Waals surface area contributed by atoms with Crippen molar-refractivity contribution in [2.45, 2.75) is 39.2 Å². The van der Waals surface area contributed by atoms with E-state index in [1.54, 1.807) is 19.0 Å². The SMILES string of the molecule is Cc1oc(-c2ccc(-c3ccc(C(=O)N(C)C)cc3)cc2)nc1CCN1CCCC1C. The van der Waals surface area contributed by atoms with Crippen LogP contribution in [0.2, 0.25) is 0 Å². The molecule has 1 aliphatic rings. The first-order valence-corrected chi connectivity index (χ1v) is 11.1. The molecule has 5 nitrogen and oxygen atoms in total. The highest BCUT2D eigenvalue weighted by Gasteiger charge is 2.21. The number of likely N-dealkylation sites (tertiary alicyclic amines) is 1. The highest BCUT2D eigenvalue weighted by atomic mass is 16.4. The van der Waals surface area contributed by atoms with Gasteiger partial charge in [0.15, 0.2) is 0 Å². The van der Waals surface area contributed by atoms with E-state index in [1.807, 2.05) is 43.3 Å². The van der Waals surface area contributed by atoms with Gasteiger partial charge in [0.25, 0.3) is 5.91 Å². The minimum absolute atomic E-state index is 0.0103. The highest BCUT2D eigenvalue weighted by molar-refractivity contribution is 5.94. The molecule has 0 aliphatic carbocycles. The Labute approximate surface area is 184 Å². The number of carbonyl (C=O) groups is 1. The Bertz CT molecular complexity index is 1040. The van der Waals surface area contributed by atoms with Gasteiger partial charge in [-0.3, -0.25) is 4.79 Å². The summed E-state index contributed by atoms with van der Waals surface area (Å²) in [6.07, 6.45) is 3.52. The van der Waals surface area contributed by atoms with Crippen molar-refractivity contribution in [3.63, 3.8) is 0 Å². The van der Waals surface area contributed by atoms with E-state index < -0.39 is 0 Å². The molecular formula is C26H31N3O2. The lowest BCUT2D eigenvalue weighted by atomic mass is 10.0. The Morgan fingerprint density at radius 3 is 2.26 bits per heavy atom. The molecule has 1 unspecified atom stereocenters. The smallest absolute Gasteiger partial charge is 0.253 e. The second-order valence-corrected chi connectivity index (χ2v) is 8.65. The standard InChI is InChI=1S/C26H31N3O2/c1-18-6-5-16-29(18)17-15-24-19(2)31-25(27-24)22-11-7-20(8-12-22)21-9-13-23(14-10-21)26(30)28(3)4/h7-14,18H,5-6,15-17H2,1-4H3. The zero-order valence-electron chi connectivity index (χ0n) is 18.9. The third-order valence-corrected chi connectivity index (χ3v) is 6.22. The van der Waals surface area contributed by atoms with Crippen molar-refractivity contribution in [3.8, 4) is 22.6 Å².